The molecule has 0 aliphatic rings. The van der Waals surface area contributed by atoms with Gasteiger partial charge in [0.15, 0.2) is 11.6 Å². The number of hydrogen-bond donors (Lipinski definition) is 3. The topological polar surface area (TPSA) is 121 Å². The SMILES string of the molecule is Cc1c(F)c(NCCCOC(=O)C(F)(F)F)nc2[nH]cc(C(=O)O)c(=O)c12. The molecular formula is C15H13F4N3O5. The molecule has 2 rings (SSSR count). The molecule has 0 aromatic carbocycles. The number of pyridine rings is 2. The number of carboxylic acid groups (broad SMARTS) is 1. The van der Waals surface area contributed by atoms with Crippen LogP contribution in [0.2, 0.25) is 0 Å². The van der Waals surface area contributed by atoms with Crippen LogP contribution in [-0.4, -0.2) is 46.3 Å². The maximum Gasteiger partial charge on any atom is 0.490 e. The highest BCUT2D eigenvalue weighted by molar-refractivity contribution is 5.92. The lowest BCUT2D eigenvalue weighted by molar-refractivity contribution is -0.199. The maximum absolute atomic E-state index is 14.4. The molecule has 2 heterocycles. The fourth-order valence-electron chi connectivity index (χ4n) is 2.21. The van der Waals surface area contributed by atoms with E-state index in [1.54, 1.807) is 0 Å². The normalized spacial score (nSPS) is 11.4. The molecule has 0 aliphatic carbocycles. The van der Waals surface area contributed by atoms with E-state index in [0.29, 0.717) is 0 Å². The number of alkyl halides is 3. The van der Waals surface area contributed by atoms with Gasteiger partial charge in [0, 0.05) is 18.3 Å². The third-order valence-electron chi connectivity index (χ3n) is 3.51. The molecule has 0 amide bonds. The Morgan fingerprint density at radius 2 is 2.04 bits per heavy atom. The van der Waals surface area contributed by atoms with Crippen LogP contribution < -0.4 is 10.7 Å². The number of halogens is 4. The van der Waals surface area contributed by atoms with E-state index >= 15 is 0 Å². The summed E-state index contributed by atoms with van der Waals surface area (Å²) >= 11 is 0. The van der Waals surface area contributed by atoms with Gasteiger partial charge in [0.05, 0.1) is 12.0 Å². The monoisotopic (exact) mass is 391 g/mol. The molecule has 8 nitrogen and oxygen atoms in total. The van der Waals surface area contributed by atoms with Crippen LogP contribution in [0.1, 0.15) is 22.3 Å². The first-order chi connectivity index (χ1) is 12.5. The van der Waals surface area contributed by atoms with Crippen molar-refractivity contribution in [3.05, 3.63) is 33.4 Å². The van der Waals surface area contributed by atoms with Crippen molar-refractivity contribution in [2.24, 2.45) is 0 Å². The molecule has 2 aromatic rings. The zero-order valence-corrected chi connectivity index (χ0v) is 13.7. The third-order valence-corrected chi connectivity index (χ3v) is 3.51. The van der Waals surface area contributed by atoms with Gasteiger partial charge < -0.3 is 20.1 Å². The summed E-state index contributed by atoms with van der Waals surface area (Å²) in [6.45, 7) is 0.645. The fourth-order valence-corrected chi connectivity index (χ4v) is 2.21. The van der Waals surface area contributed by atoms with Crippen molar-refractivity contribution in [2.75, 3.05) is 18.5 Å². The standard InChI is InChI=1S/C15H13F4N3O5/c1-6-8-10(23)7(13(24)25)5-21-11(8)22-12(9(6)16)20-3-2-4-27-14(26)15(17,18)19/h5H,2-4H2,1H3,(H,24,25)(H2,20,21,22,23). The molecule has 0 radical (unpaired) electrons. The Balaban J connectivity index is 2.13. The van der Waals surface area contributed by atoms with E-state index in [9.17, 15) is 31.9 Å². The summed E-state index contributed by atoms with van der Waals surface area (Å²) in [5.41, 5.74) is -1.67. The van der Waals surface area contributed by atoms with E-state index in [4.69, 9.17) is 5.11 Å². The van der Waals surface area contributed by atoms with Crippen molar-refractivity contribution < 1.29 is 37.0 Å². The van der Waals surface area contributed by atoms with Crippen LogP contribution >= 0.6 is 0 Å². The number of aromatic carboxylic acids is 1. The molecule has 0 aliphatic heterocycles. The second-order valence-electron chi connectivity index (χ2n) is 5.37. The van der Waals surface area contributed by atoms with E-state index in [2.05, 4.69) is 20.0 Å². The van der Waals surface area contributed by atoms with Crippen LogP contribution in [-0.2, 0) is 9.53 Å². The van der Waals surface area contributed by atoms with Crippen LogP contribution in [0, 0.1) is 12.7 Å². The number of carboxylic acids is 1. The first-order valence-corrected chi connectivity index (χ1v) is 7.46. The lowest BCUT2D eigenvalue weighted by Crippen LogP contribution is -2.26. The highest BCUT2D eigenvalue weighted by Crippen LogP contribution is 2.22. The quantitative estimate of drug-likeness (QED) is 0.391. The highest BCUT2D eigenvalue weighted by atomic mass is 19.4. The predicted molar refractivity (Wildman–Crippen MR) is 84.1 cm³/mol. The van der Waals surface area contributed by atoms with Gasteiger partial charge in [-0.15, -0.1) is 0 Å². The maximum atomic E-state index is 14.4. The Labute approximate surface area is 148 Å². The highest BCUT2D eigenvalue weighted by Gasteiger charge is 2.40. The van der Waals surface area contributed by atoms with Gasteiger partial charge in [0.25, 0.3) is 0 Å². The number of aromatic nitrogens is 2. The van der Waals surface area contributed by atoms with Gasteiger partial charge in [-0.05, 0) is 13.3 Å². The number of anilines is 1. The van der Waals surface area contributed by atoms with Crippen LogP contribution in [0.5, 0.6) is 0 Å². The molecule has 0 bridgehead atoms. The minimum absolute atomic E-state index is 0.0603. The van der Waals surface area contributed by atoms with Gasteiger partial charge in [0.1, 0.15) is 11.2 Å². The molecule has 146 valence electrons. The average molecular weight is 391 g/mol. The summed E-state index contributed by atoms with van der Waals surface area (Å²) in [6, 6.07) is 0. The van der Waals surface area contributed by atoms with Crippen LogP contribution in [0.3, 0.4) is 0 Å². The fraction of sp³-hybridized carbons (Fsp3) is 0.333. The number of rotatable bonds is 6. The van der Waals surface area contributed by atoms with Gasteiger partial charge in [0.2, 0.25) is 5.43 Å². The van der Waals surface area contributed by atoms with Gasteiger partial charge in [-0.3, -0.25) is 4.79 Å². The van der Waals surface area contributed by atoms with E-state index in [1.807, 2.05) is 0 Å². The van der Waals surface area contributed by atoms with Gasteiger partial charge in [-0.1, -0.05) is 0 Å². The first-order valence-electron chi connectivity index (χ1n) is 7.46. The molecule has 0 fully saturated rings. The Kier molecular flexibility index (Phi) is 5.66. The lowest BCUT2D eigenvalue weighted by atomic mass is 10.1. The number of carbonyl (C=O) groups excluding carboxylic acids is 1. The summed E-state index contributed by atoms with van der Waals surface area (Å²) < 4.78 is 54.3. The van der Waals surface area contributed by atoms with Crippen LogP contribution in [0.15, 0.2) is 11.0 Å². The molecule has 0 atom stereocenters. The smallest absolute Gasteiger partial charge is 0.477 e. The van der Waals surface area contributed by atoms with Crippen molar-refractivity contribution in [1.82, 2.24) is 9.97 Å². The van der Waals surface area contributed by atoms with Gasteiger partial charge in [-0.25, -0.2) is 19.0 Å². The molecule has 0 saturated heterocycles. The molecule has 12 heteroatoms. The molecule has 27 heavy (non-hydrogen) atoms. The minimum Gasteiger partial charge on any atom is -0.477 e. The first kappa shape index (κ1) is 20.1. The number of nitrogens with one attached hydrogen (secondary N) is 2. The van der Waals surface area contributed by atoms with Crippen molar-refractivity contribution in [3.8, 4) is 0 Å². The summed E-state index contributed by atoms with van der Waals surface area (Å²) in [7, 11) is 0. The Bertz CT molecular complexity index is 955. The molecule has 2 aromatic heterocycles. The van der Waals surface area contributed by atoms with Crippen molar-refractivity contribution in [1.29, 1.82) is 0 Å². The zero-order valence-electron chi connectivity index (χ0n) is 13.7. The Morgan fingerprint density at radius 3 is 2.63 bits per heavy atom. The molecular weight excluding hydrogens is 378 g/mol. The number of ether oxygens (including phenoxy) is 1. The predicted octanol–water partition coefficient (Wildman–Crippen LogP) is 1.98. The second kappa shape index (κ2) is 7.60. The van der Waals surface area contributed by atoms with Crippen molar-refractivity contribution in [2.45, 2.75) is 19.5 Å². The molecule has 0 unspecified atom stereocenters. The van der Waals surface area contributed by atoms with Crippen LogP contribution in [0.25, 0.3) is 11.0 Å². The molecule has 3 N–H and O–H groups in total. The number of esters is 1. The number of fused-ring (bicyclic) bond motifs is 1. The van der Waals surface area contributed by atoms with E-state index in [0.717, 1.165) is 6.20 Å². The number of hydrogen-bond acceptors (Lipinski definition) is 6. The number of aromatic amines is 1. The van der Waals surface area contributed by atoms with E-state index in [1.165, 1.54) is 6.92 Å². The summed E-state index contributed by atoms with van der Waals surface area (Å²) in [4.78, 5) is 40.0. The Hall–Kier alpha value is -3.18. The lowest BCUT2D eigenvalue weighted by Gasteiger charge is -2.11. The van der Waals surface area contributed by atoms with Crippen molar-refractivity contribution in [3.63, 3.8) is 0 Å². The summed E-state index contributed by atoms with van der Waals surface area (Å²) in [5.74, 6) is -5.00. The average Bonchev–Trinajstić information content (AvgIpc) is 2.57. The van der Waals surface area contributed by atoms with Gasteiger partial charge in [-0.2, -0.15) is 13.2 Å². The molecule has 0 spiro atoms. The van der Waals surface area contributed by atoms with E-state index in [-0.39, 0.29) is 35.4 Å². The van der Waals surface area contributed by atoms with E-state index < -0.39 is 41.5 Å². The van der Waals surface area contributed by atoms with Crippen molar-refractivity contribution >= 4 is 28.8 Å². The number of aryl methyl sites for hydroxylation is 1. The summed E-state index contributed by atoms with van der Waals surface area (Å²) in [5, 5.41) is 11.2. The second-order valence-corrected chi connectivity index (χ2v) is 5.37. The Morgan fingerprint density at radius 1 is 1.37 bits per heavy atom. The summed E-state index contributed by atoms with van der Waals surface area (Å²) in [6.07, 6.45) is -4.22. The largest absolute Gasteiger partial charge is 0.490 e. The number of carbonyl (C=O) groups is 2. The zero-order chi connectivity index (χ0) is 20.4. The number of H-pyrrole nitrogens is 1. The third kappa shape index (κ3) is 4.33. The van der Waals surface area contributed by atoms with Gasteiger partial charge >= 0.3 is 18.1 Å². The minimum atomic E-state index is -5.09. The number of nitrogens with zero attached hydrogens (tertiary/aromatic N) is 1. The van der Waals surface area contributed by atoms with Crippen LogP contribution in [0.4, 0.5) is 23.4 Å². The molecule has 0 saturated carbocycles.